The minimum Gasteiger partial charge on any atom is -0.291 e. The number of halogens is 2. The number of allylic oxidation sites excluding steroid dienone is 1. The van der Waals surface area contributed by atoms with Gasteiger partial charge in [0.2, 0.25) is 0 Å². The number of hydrogen-bond acceptors (Lipinski definition) is 1. The summed E-state index contributed by atoms with van der Waals surface area (Å²) < 4.78 is 24.8. The number of hydrogen-bond donors (Lipinski definition) is 0. The zero-order chi connectivity index (χ0) is 9.61. The van der Waals surface area contributed by atoms with Gasteiger partial charge in [0.05, 0.1) is 6.33 Å². The van der Waals surface area contributed by atoms with Crippen molar-refractivity contribution < 1.29 is 13.6 Å². The molecule has 0 aromatic heterocycles. The summed E-state index contributed by atoms with van der Waals surface area (Å²) in [5, 5.41) is 0. The monoisotopic (exact) mass is 176 g/mol. The van der Waals surface area contributed by atoms with Gasteiger partial charge in [-0.3, -0.25) is 4.79 Å². The quantitative estimate of drug-likeness (QED) is 0.588. The van der Waals surface area contributed by atoms with Crippen LogP contribution in [0.25, 0.3) is 0 Å². The zero-order valence-corrected chi connectivity index (χ0v) is 7.44. The van der Waals surface area contributed by atoms with Crippen molar-refractivity contribution in [3.05, 3.63) is 12.4 Å². The van der Waals surface area contributed by atoms with Crippen LogP contribution in [0.15, 0.2) is 12.4 Å². The molecule has 0 bridgehead atoms. The maximum Gasteiger partial charge on any atom is 0.194 e. The molecule has 1 atom stereocenters. The molecule has 70 valence electrons. The highest BCUT2D eigenvalue weighted by Gasteiger charge is 2.29. The van der Waals surface area contributed by atoms with Crippen molar-refractivity contribution in [1.29, 1.82) is 0 Å². The third-order valence-electron chi connectivity index (χ3n) is 1.73. The Hall–Kier alpha value is -0.730. The van der Waals surface area contributed by atoms with Crippen LogP contribution in [-0.4, -0.2) is 11.5 Å². The van der Waals surface area contributed by atoms with E-state index in [2.05, 4.69) is 0 Å². The molecule has 0 aliphatic heterocycles. The maximum atomic E-state index is 13.3. The van der Waals surface area contributed by atoms with E-state index in [1.54, 1.807) is 0 Å². The largest absolute Gasteiger partial charge is 0.291 e. The third-order valence-corrected chi connectivity index (χ3v) is 1.73. The van der Waals surface area contributed by atoms with Gasteiger partial charge in [0.15, 0.2) is 11.5 Å². The fraction of sp³-hybridized carbons (Fsp3) is 0.667. The van der Waals surface area contributed by atoms with Gasteiger partial charge in [-0.05, 0) is 13.3 Å². The summed E-state index contributed by atoms with van der Waals surface area (Å²) in [5.74, 6) is -0.793. The van der Waals surface area contributed by atoms with E-state index in [4.69, 9.17) is 0 Å². The first-order valence-corrected chi connectivity index (χ1v) is 4.04. The molecule has 0 radical (unpaired) electrons. The number of unbranched alkanes of at least 4 members (excludes halogenated alkanes) is 1. The molecule has 0 spiro atoms. The topological polar surface area (TPSA) is 17.1 Å². The molecule has 0 N–H and O–H groups in total. The highest BCUT2D eigenvalue weighted by atomic mass is 19.1. The van der Waals surface area contributed by atoms with Crippen LogP contribution in [0.5, 0.6) is 0 Å². The van der Waals surface area contributed by atoms with E-state index in [1.165, 1.54) is 6.92 Å². The lowest BCUT2D eigenvalue weighted by atomic mass is 9.96. The average Bonchev–Trinajstić information content (AvgIpc) is 2.01. The molecular weight excluding hydrogens is 162 g/mol. The van der Waals surface area contributed by atoms with Gasteiger partial charge in [-0.15, -0.1) is 0 Å². The van der Waals surface area contributed by atoms with Crippen LogP contribution < -0.4 is 0 Å². The van der Waals surface area contributed by atoms with Crippen molar-refractivity contribution >= 4 is 5.78 Å². The summed E-state index contributed by atoms with van der Waals surface area (Å²) >= 11 is 0. The Morgan fingerprint density at radius 3 is 2.58 bits per heavy atom. The number of rotatable bonds is 5. The number of carbonyl (C=O) groups excluding carboxylic acids is 1. The van der Waals surface area contributed by atoms with Gasteiger partial charge in [-0.2, -0.15) is 0 Å². The van der Waals surface area contributed by atoms with E-state index in [1.807, 2.05) is 6.92 Å². The van der Waals surface area contributed by atoms with Crippen molar-refractivity contribution in [2.24, 2.45) is 0 Å². The summed E-state index contributed by atoms with van der Waals surface area (Å²) in [4.78, 5) is 10.9. The standard InChI is InChI=1S/C9H14F2O/c1-3-4-6-9(2,11)8(12)5-7-10/h5,7H,3-4,6H2,1-2H3/b7-5+. The van der Waals surface area contributed by atoms with Crippen molar-refractivity contribution in [3.8, 4) is 0 Å². The molecule has 0 fully saturated rings. The second-order valence-electron chi connectivity index (χ2n) is 2.96. The van der Waals surface area contributed by atoms with Crippen LogP contribution >= 0.6 is 0 Å². The third kappa shape index (κ3) is 3.60. The lowest BCUT2D eigenvalue weighted by Gasteiger charge is -2.15. The summed E-state index contributed by atoms with van der Waals surface area (Å²) in [5.41, 5.74) is -1.90. The molecule has 0 aromatic rings. The van der Waals surface area contributed by atoms with Gasteiger partial charge < -0.3 is 0 Å². The smallest absolute Gasteiger partial charge is 0.194 e. The number of alkyl halides is 1. The summed E-state index contributed by atoms with van der Waals surface area (Å²) in [6.45, 7) is 3.09. The van der Waals surface area contributed by atoms with Crippen molar-refractivity contribution in [3.63, 3.8) is 0 Å². The van der Waals surface area contributed by atoms with E-state index >= 15 is 0 Å². The normalized spacial score (nSPS) is 16.3. The van der Waals surface area contributed by atoms with E-state index in [9.17, 15) is 13.6 Å². The first-order chi connectivity index (χ1) is 5.54. The molecule has 0 heterocycles. The van der Waals surface area contributed by atoms with Gasteiger partial charge in [-0.25, -0.2) is 8.78 Å². The van der Waals surface area contributed by atoms with E-state index < -0.39 is 11.5 Å². The molecule has 0 rings (SSSR count). The number of carbonyl (C=O) groups is 1. The molecule has 0 saturated heterocycles. The van der Waals surface area contributed by atoms with Gasteiger partial charge in [0, 0.05) is 6.08 Å². The van der Waals surface area contributed by atoms with Crippen LogP contribution in [0, 0.1) is 0 Å². The SMILES string of the molecule is CCCCC(C)(F)C(=O)/C=C/F. The van der Waals surface area contributed by atoms with Gasteiger partial charge in [0.25, 0.3) is 0 Å². The van der Waals surface area contributed by atoms with E-state index in [-0.39, 0.29) is 12.8 Å². The Labute approximate surface area is 71.5 Å². The van der Waals surface area contributed by atoms with E-state index in [0.717, 1.165) is 6.42 Å². The lowest BCUT2D eigenvalue weighted by molar-refractivity contribution is -0.125. The second-order valence-corrected chi connectivity index (χ2v) is 2.96. The minimum atomic E-state index is -1.90. The molecule has 0 saturated carbocycles. The second kappa shape index (κ2) is 5.01. The summed E-state index contributed by atoms with van der Waals surface area (Å²) in [6, 6.07) is 0. The van der Waals surface area contributed by atoms with Crippen LogP contribution in [0.1, 0.15) is 33.1 Å². The molecule has 0 amide bonds. The van der Waals surface area contributed by atoms with Gasteiger partial charge in [0.1, 0.15) is 0 Å². The molecule has 0 aliphatic rings. The van der Waals surface area contributed by atoms with Gasteiger partial charge >= 0.3 is 0 Å². The predicted molar refractivity (Wildman–Crippen MR) is 44.3 cm³/mol. The predicted octanol–water partition coefficient (Wildman–Crippen LogP) is 2.96. The van der Waals surface area contributed by atoms with Gasteiger partial charge in [-0.1, -0.05) is 19.8 Å². The minimum absolute atomic E-state index is 0.0755. The fourth-order valence-corrected chi connectivity index (χ4v) is 0.863. The average molecular weight is 176 g/mol. The summed E-state index contributed by atoms with van der Waals surface area (Å²) in [7, 11) is 0. The fourth-order valence-electron chi connectivity index (χ4n) is 0.863. The Kier molecular flexibility index (Phi) is 4.71. The van der Waals surface area contributed by atoms with Crippen molar-refractivity contribution in [2.45, 2.75) is 38.8 Å². The van der Waals surface area contributed by atoms with Crippen molar-refractivity contribution in [1.82, 2.24) is 0 Å². The first-order valence-electron chi connectivity index (χ1n) is 4.04. The molecule has 3 heteroatoms. The van der Waals surface area contributed by atoms with Crippen LogP contribution in [0.2, 0.25) is 0 Å². The molecule has 12 heavy (non-hydrogen) atoms. The molecule has 1 nitrogen and oxygen atoms in total. The first kappa shape index (κ1) is 11.3. The molecule has 1 unspecified atom stereocenters. The lowest BCUT2D eigenvalue weighted by Crippen LogP contribution is -2.28. The Balaban J connectivity index is 4.09. The molecule has 0 aliphatic carbocycles. The molecule has 0 aromatic carbocycles. The highest BCUT2D eigenvalue weighted by Crippen LogP contribution is 2.20. The Morgan fingerprint density at radius 2 is 2.17 bits per heavy atom. The highest BCUT2D eigenvalue weighted by molar-refractivity contribution is 5.96. The zero-order valence-electron chi connectivity index (χ0n) is 7.44. The van der Waals surface area contributed by atoms with E-state index in [0.29, 0.717) is 12.5 Å². The summed E-state index contributed by atoms with van der Waals surface area (Å²) in [6.07, 6.45) is 2.33. The van der Waals surface area contributed by atoms with Crippen LogP contribution in [-0.2, 0) is 4.79 Å². The van der Waals surface area contributed by atoms with Crippen molar-refractivity contribution in [2.75, 3.05) is 0 Å². The van der Waals surface area contributed by atoms with Crippen LogP contribution in [0.4, 0.5) is 8.78 Å². The maximum absolute atomic E-state index is 13.3. The Morgan fingerprint density at radius 1 is 1.58 bits per heavy atom. The Bertz CT molecular complexity index is 173. The number of ketones is 1. The van der Waals surface area contributed by atoms with Crippen LogP contribution in [0.3, 0.4) is 0 Å². The molecular formula is C9H14F2O.